The summed E-state index contributed by atoms with van der Waals surface area (Å²) in [4.78, 5) is 10.7. The monoisotopic (exact) mass is 362 g/mol. The Balaban J connectivity index is 1.76. The third-order valence-electron chi connectivity index (χ3n) is 4.64. The van der Waals surface area contributed by atoms with Crippen molar-refractivity contribution < 1.29 is 4.92 Å². The lowest BCUT2D eigenvalue weighted by Gasteiger charge is -2.23. The minimum atomic E-state index is -0.402. The van der Waals surface area contributed by atoms with Gasteiger partial charge in [0.1, 0.15) is 6.04 Å². The minimum absolute atomic E-state index is 0.0388. The van der Waals surface area contributed by atoms with Gasteiger partial charge >= 0.3 is 0 Å². The lowest BCUT2D eigenvalue weighted by molar-refractivity contribution is -0.384. The Bertz CT molecular complexity index is 1020. The number of benzene rings is 2. The summed E-state index contributed by atoms with van der Waals surface area (Å²) in [7, 11) is 0. The van der Waals surface area contributed by atoms with Crippen LogP contribution in [-0.4, -0.2) is 25.1 Å². The van der Waals surface area contributed by atoms with Gasteiger partial charge in [0, 0.05) is 17.8 Å². The molecular formula is C19H18N6O2. The van der Waals surface area contributed by atoms with Crippen molar-refractivity contribution in [2.45, 2.75) is 25.8 Å². The molecule has 136 valence electrons. The molecule has 2 heterocycles. The van der Waals surface area contributed by atoms with Gasteiger partial charge in [0.25, 0.3) is 5.69 Å². The number of hydrogen-bond donors (Lipinski definition) is 1. The number of tetrazole rings is 1. The second-order valence-electron chi connectivity index (χ2n) is 6.73. The summed E-state index contributed by atoms with van der Waals surface area (Å²) in [5, 5.41) is 26.2. The van der Waals surface area contributed by atoms with Gasteiger partial charge in [-0.25, -0.2) is 0 Å². The normalized spacial score (nSPS) is 15.8. The van der Waals surface area contributed by atoms with Crippen LogP contribution in [0.2, 0.25) is 0 Å². The number of nitro groups is 1. The van der Waals surface area contributed by atoms with Crippen LogP contribution in [0.3, 0.4) is 0 Å². The van der Waals surface area contributed by atoms with Gasteiger partial charge < -0.3 is 5.32 Å². The van der Waals surface area contributed by atoms with E-state index in [9.17, 15) is 10.1 Å². The number of fused-ring (bicyclic) bond motifs is 1. The Morgan fingerprint density at radius 3 is 2.67 bits per heavy atom. The Labute approximate surface area is 155 Å². The number of rotatable bonds is 4. The molecule has 1 aliphatic heterocycles. The molecule has 2 aromatic carbocycles. The molecule has 0 saturated heterocycles. The van der Waals surface area contributed by atoms with Gasteiger partial charge in [0.2, 0.25) is 5.95 Å². The van der Waals surface area contributed by atoms with Crippen molar-refractivity contribution >= 4 is 17.3 Å². The number of hydrogen-bond acceptors (Lipinski definition) is 6. The van der Waals surface area contributed by atoms with Gasteiger partial charge in [-0.05, 0) is 39.1 Å². The molecule has 0 spiro atoms. The summed E-state index contributed by atoms with van der Waals surface area (Å²) in [5.41, 5.74) is 3.91. The summed E-state index contributed by atoms with van der Waals surface area (Å²) >= 11 is 0. The zero-order valence-corrected chi connectivity index (χ0v) is 14.9. The van der Waals surface area contributed by atoms with Crippen LogP contribution in [0.5, 0.6) is 0 Å². The predicted molar refractivity (Wildman–Crippen MR) is 101 cm³/mol. The quantitative estimate of drug-likeness (QED) is 0.560. The number of nitrogens with zero attached hydrogens (tertiary/aromatic N) is 5. The fourth-order valence-corrected chi connectivity index (χ4v) is 3.13. The van der Waals surface area contributed by atoms with E-state index in [-0.39, 0.29) is 11.7 Å². The molecule has 0 fully saturated rings. The largest absolute Gasteiger partial charge is 0.323 e. The fraction of sp³-hybridized carbons (Fsp3) is 0.211. The van der Waals surface area contributed by atoms with E-state index < -0.39 is 4.92 Å². The molecule has 0 radical (unpaired) electrons. The summed E-state index contributed by atoms with van der Waals surface area (Å²) in [6, 6.07) is 14.5. The van der Waals surface area contributed by atoms with Crippen LogP contribution in [0.15, 0.2) is 54.6 Å². The molecule has 3 aromatic rings. The highest BCUT2D eigenvalue weighted by atomic mass is 16.6. The van der Waals surface area contributed by atoms with Crippen molar-refractivity contribution in [2.75, 3.05) is 5.32 Å². The van der Waals surface area contributed by atoms with E-state index in [2.05, 4.69) is 59.0 Å². The molecule has 1 N–H and O–H groups in total. The standard InChI is InChI=1S/C19H18N6O2/c1-12(2)13-6-8-14(9-7-13)17-11-18(24-19(20-17)21-22-23-24)15-4-3-5-16(10-15)25(26)27/h3-12,18H,1-2H3,(H,20,21,23)/t18-/m1/s1. The van der Waals surface area contributed by atoms with Crippen molar-refractivity contribution in [3.63, 3.8) is 0 Å². The van der Waals surface area contributed by atoms with Gasteiger partial charge in [-0.15, -0.1) is 0 Å². The maximum Gasteiger partial charge on any atom is 0.269 e. The maximum absolute atomic E-state index is 11.1. The zero-order valence-electron chi connectivity index (χ0n) is 14.9. The van der Waals surface area contributed by atoms with Crippen molar-refractivity contribution in [3.8, 4) is 0 Å². The first-order valence-electron chi connectivity index (χ1n) is 8.64. The minimum Gasteiger partial charge on any atom is -0.323 e. The van der Waals surface area contributed by atoms with Gasteiger partial charge in [-0.3, -0.25) is 10.1 Å². The molecule has 0 aliphatic carbocycles. The van der Waals surface area contributed by atoms with E-state index in [4.69, 9.17) is 0 Å². The number of non-ortho nitro benzene ring substituents is 1. The van der Waals surface area contributed by atoms with E-state index in [0.29, 0.717) is 11.9 Å². The molecular weight excluding hydrogens is 344 g/mol. The maximum atomic E-state index is 11.1. The molecule has 8 heteroatoms. The van der Waals surface area contributed by atoms with E-state index in [1.807, 2.05) is 12.1 Å². The Hall–Kier alpha value is -3.55. The Morgan fingerprint density at radius 2 is 1.96 bits per heavy atom. The van der Waals surface area contributed by atoms with Crippen LogP contribution < -0.4 is 5.32 Å². The highest BCUT2D eigenvalue weighted by Crippen LogP contribution is 2.33. The highest BCUT2D eigenvalue weighted by molar-refractivity contribution is 5.77. The van der Waals surface area contributed by atoms with E-state index in [1.165, 1.54) is 11.6 Å². The third-order valence-corrected chi connectivity index (χ3v) is 4.64. The lowest BCUT2D eigenvalue weighted by atomic mass is 9.98. The molecule has 1 atom stereocenters. The van der Waals surface area contributed by atoms with Crippen molar-refractivity contribution in [1.82, 2.24) is 20.2 Å². The lowest BCUT2D eigenvalue weighted by Crippen LogP contribution is -2.20. The predicted octanol–water partition coefficient (Wildman–Crippen LogP) is 3.76. The number of allylic oxidation sites excluding steroid dienone is 1. The fourth-order valence-electron chi connectivity index (χ4n) is 3.13. The number of nitrogens with one attached hydrogen (secondary N) is 1. The molecule has 8 nitrogen and oxygen atoms in total. The SMILES string of the molecule is CC(C)c1ccc(C2=C[C@H](c3cccc([N+](=O)[O-])c3)n3nnnc3N2)cc1. The van der Waals surface area contributed by atoms with Gasteiger partial charge in [-0.1, -0.05) is 55.3 Å². The topological polar surface area (TPSA) is 98.8 Å². The third kappa shape index (κ3) is 3.17. The molecule has 0 saturated carbocycles. The summed E-state index contributed by atoms with van der Waals surface area (Å²) in [6.07, 6.45) is 1.98. The second kappa shape index (κ2) is 6.64. The molecule has 0 unspecified atom stereocenters. The summed E-state index contributed by atoms with van der Waals surface area (Å²) in [6.45, 7) is 4.30. The van der Waals surface area contributed by atoms with Crippen LogP contribution in [0.1, 0.15) is 42.5 Å². The molecule has 27 heavy (non-hydrogen) atoms. The van der Waals surface area contributed by atoms with E-state index >= 15 is 0 Å². The van der Waals surface area contributed by atoms with Crippen molar-refractivity contribution in [1.29, 1.82) is 0 Å². The van der Waals surface area contributed by atoms with Crippen molar-refractivity contribution in [3.05, 3.63) is 81.4 Å². The Kier molecular flexibility index (Phi) is 4.15. The highest BCUT2D eigenvalue weighted by Gasteiger charge is 2.25. The van der Waals surface area contributed by atoms with Crippen LogP contribution in [-0.2, 0) is 0 Å². The van der Waals surface area contributed by atoms with Gasteiger partial charge in [0.15, 0.2) is 0 Å². The van der Waals surface area contributed by atoms with Crippen LogP contribution in [0.25, 0.3) is 5.70 Å². The van der Waals surface area contributed by atoms with E-state index in [1.54, 1.807) is 16.8 Å². The molecule has 1 aliphatic rings. The van der Waals surface area contributed by atoms with E-state index in [0.717, 1.165) is 16.8 Å². The smallest absolute Gasteiger partial charge is 0.269 e. The van der Waals surface area contributed by atoms with Crippen LogP contribution in [0, 0.1) is 10.1 Å². The molecule has 1 aromatic heterocycles. The number of nitro benzene ring substituents is 1. The molecule has 0 bridgehead atoms. The first kappa shape index (κ1) is 16.9. The summed E-state index contributed by atoms with van der Waals surface area (Å²) in [5.74, 6) is 0.953. The first-order valence-corrected chi connectivity index (χ1v) is 8.64. The van der Waals surface area contributed by atoms with Gasteiger partial charge in [-0.2, -0.15) is 4.68 Å². The van der Waals surface area contributed by atoms with Crippen LogP contribution >= 0.6 is 0 Å². The summed E-state index contributed by atoms with van der Waals surface area (Å²) < 4.78 is 1.62. The second-order valence-corrected chi connectivity index (χ2v) is 6.73. The average Bonchev–Trinajstić information content (AvgIpc) is 3.16. The van der Waals surface area contributed by atoms with Gasteiger partial charge in [0.05, 0.1) is 4.92 Å². The molecule has 4 rings (SSSR count). The number of anilines is 1. The first-order chi connectivity index (χ1) is 13.0. The Morgan fingerprint density at radius 1 is 1.19 bits per heavy atom. The molecule has 0 amide bonds. The van der Waals surface area contributed by atoms with Crippen LogP contribution in [0.4, 0.5) is 11.6 Å². The zero-order chi connectivity index (χ0) is 19.0. The average molecular weight is 362 g/mol. The van der Waals surface area contributed by atoms with Crippen molar-refractivity contribution in [2.24, 2.45) is 0 Å². The number of aromatic nitrogens is 4.